The van der Waals surface area contributed by atoms with Gasteiger partial charge in [-0.05, 0) is 61.6 Å². The molecule has 3 aromatic rings. The number of carbonyl (C=O) groups is 2. The van der Waals surface area contributed by atoms with Gasteiger partial charge in [0.25, 0.3) is 0 Å². The first-order valence-electron chi connectivity index (χ1n) is 12.0. The number of carbonyl (C=O) groups excluding carboxylic acids is 2. The van der Waals surface area contributed by atoms with Gasteiger partial charge in [-0.1, -0.05) is 73.9 Å². The maximum atomic E-state index is 13.5. The van der Waals surface area contributed by atoms with E-state index in [1.165, 1.54) is 18.2 Å². The van der Waals surface area contributed by atoms with E-state index in [-0.39, 0.29) is 17.7 Å². The zero-order chi connectivity index (χ0) is 23.9. The topological polar surface area (TPSA) is 58.2 Å². The van der Waals surface area contributed by atoms with Gasteiger partial charge in [-0.3, -0.25) is 9.59 Å². The molecule has 1 aliphatic carbocycles. The molecular weight excluding hydrogens is 440 g/mol. The van der Waals surface area contributed by atoms with Gasteiger partial charge in [0.15, 0.2) is 0 Å². The second-order valence-electron chi connectivity index (χ2n) is 9.02. The molecule has 1 aliphatic rings. The number of hydrogen-bond acceptors (Lipinski definition) is 3. The molecule has 2 N–H and O–H groups in total. The predicted octanol–water partition coefficient (Wildman–Crippen LogP) is 7.29. The Balaban J connectivity index is 1.53. The third-order valence-electron chi connectivity index (χ3n) is 6.40. The number of amides is 2. The predicted molar refractivity (Wildman–Crippen MR) is 141 cm³/mol. The molecule has 1 fully saturated rings. The van der Waals surface area contributed by atoms with Gasteiger partial charge in [0.1, 0.15) is 5.25 Å². The highest BCUT2D eigenvalue weighted by molar-refractivity contribution is 8.00. The van der Waals surface area contributed by atoms with Crippen molar-refractivity contribution >= 4 is 35.0 Å². The fraction of sp³-hybridized carbons (Fsp3) is 0.310. The Labute approximate surface area is 206 Å². The molecule has 0 spiro atoms. The van der Waals surface area contributed by atoms with Gasteiger partial charge in [0.2, 0.25) is 11.8 Å². The number of rotatable bonds is 7. The first-order valence-corrected chi connectivity index (χ1v) is 12.9. The lowest BCUT2D eigenvalue weighted by atomic mass is 9.88. The number of hydrogen-bond donors (Lipinski definition) is 2. The highest BCUT2D eigenvalue weighted by Gasteiger charge is 2.24. The van der Waals surface area contributed by atoms with Crippen LogP contribution in [0.1, 0.15) is 54.0 Å². The van der Waals surface area contributed by atoms with E-state index in [0.29, 0.717) is 0 Å². The molecule has 176 valence electrons. The largest absolute Gasteiger partial charge is 0.326 e. The number of thioether (sulfide) groups is 1. The van der Waals surface area contributed by atoms with Gasteiger partial charge in [-0.15, -0.1) is 11.8 Å². The zero-order valence-corrected chi connectivity index (χ0v) is 20.7. The lowest BCUT2D eigenvalue weighted by Gasteiger charge is -2.21. The first kappa shape index (κ1) is 24.1. The molecule has 4 rings (SSSR count). The van der Waals surface area contributed by atoms with Crippen LogP contribution in [0.25, 0.3) is 0 Å². The average molecular weight is 473 g/mol. The Bertz CT molecular complexity index is 1120. The van der Waals surface area contributed by atoms with Crippen molar-refractivity contribution in [2.75, 3.05) is 10.6 Å². The Morgan fingerprint density at radius 3 is 2.21 bits per heavy atom. The summed E-state index contributed by atoms with van der Waals surface area (Å²) in [6, 6.07) is 23.6. The van der Waals surface area contributed by atoms with Crippen molar-refractivity contribution in [2.45, 2.75) is 56.1 Å². The van der Waals surface area contributed by atoms with E-state index in [9.17, 15) is 9.59 Å². The van der Waals surface area contributed by atoms with Crippen LogP contribution in [0.5, 0.6) is 0 Å². The van der Waals surface area contributed by atoms with Gasteiger partial charge >= 0.3 is 0 Å². The molecule has 0 aliphatic heterocycles. The highest BCUT2D eigenvalue weighted by Crippen LogP contribution is 2.38. The fourth-order valence-corrected chi connectivity index (χ4v) is 5.58. The average Bonchev–Trinajstić information content (AvgIpc) is 2.86. The molecule has 2 amide bonds. The molecule has 1 atom stereocenters. The quantitative estimate of drug-likeness (QED) is 0.355. The van der Waals surface area contributed by atoms with E-state index in [1.807, 2.05) is 86.6 Å². The summed E-state index contributed by atoms with van der Waals surface area (Å²) in [6.07, 6.45) is 5.41. The first-order chi connectivity index (χ1) is 16.5. The van der Waals surface area contributed by atoms with Crippen LogP contribution < -0.4 is 10.6 Å². The van der Waals surface area contributed by atoms with E-state index in [4.69, 9.17) is 0 Å². The second kappa shape index (κ2) is 11.4. The second-order valence-corrected chi connectivity index (χ2v) is 10.2. The molecule has 3 aromatic carbocycles. The Kier molecular flexibility index (Phi) is 8.07. The van der Waals surface area contributed by atoms with Crippen molar-refractivity contribution in [2.24, 2.45) is 5.92 Å². The molecule has 0 saturated heterocycles. The summed E-state index contributed by atoms with van der Waals surface area (Å²) < 4.78 is 0. The SMILES string of the molecule is Cc1cccc(C)c1NC(=O)C(Sc1cccc(NC(=O)C2CCCCC2)c1)c1ccccc1. The third kappa shape index (κ3) is 6.09. The summed E-state index contributed by atoms with van der Waals surface area (Å²) in [6.45, 7) is 4.01. The van der Waals surface area contributed by atoms with Crippen molar-refractivity contribution in [3.63, 3.8) is 0 Å². The molecule has 0 aromatic heterocycles. The van der Waals surface area contributed by atoms with Crippen molar-refractivity contribution in [1.29, 1.82) is 0 Å². The van der Waals surface area contributed by atoms with E-state index < -0.39 is 5.25 Å². The number of para-hydroxylation sites is 1. The number of anilines is 2. The Morgan fingerprint density at radius 2 is 1.50 bits per heavy atom. The normalized spacial score (nSPS) is 14.9. The Hall–Kier alpha value is -3.05. The molecule has 4 nitrogen and oxygen atoms in total. The monoisotopic (exact) mass is 472 g/mol. The smallest absolute Gasteiger partial charge is 0.242 e. The molecule has 0 radical (unpaired) electrons. The van der Waals surface area contributed by atoms with Crippen LogP contribution in [0.15, 0.2) is 77.7 Å². The van der Waals surface area contributed by atoms with Crippen LogP contribution in [0, 0.1) is 19.8 Å². The lowest BCUT2D eigenvalue weighted by Crippen LogP contribution is -2.24. The van der Waals surface area contributed by atoms with Crippen LogP contribution >= 0.6 is 11.8 Å². The molecular formula is C29H32N2O2S. The van der Waals surface area contributed by atoms with E-state index in [1.54, 1.807) is 0 Å². The maximum absolute atomic E-state index is 13.5. The molecule has 1 unspecified atom stereocenters. The molecule has 0 heterocycles. The third-order valence-corrected chi connectivity index (χ3v) is 7.65. The van der Waals surface area contributed by atoms with Crippen LogP contribution in [0.3, 0.4) is 0 Å². The molecule has 1 saturated carbocycles. The minimum atomic E-state index is -0.426. The summed E-state index contributed by atoms with van der Waals surface area (Å²) in [5, 5.41) is 5.83. The lowest BCUT2D eigenvalue weighted by molar-refractivity contribution is -0.120. The van der Waals surface area contributed by atoms with Crippen LogP contribution in [-0.4, -0.2) is 11.8 Å². The summed E-state index contributed by atoms with van der Waals surface area (Å²) in [5.41, 5.74) is 4.66. The molecule has 0 bridgehead atoms. The number of aryl methyl sites for hydroxylation is 2. The van der Waals surface area contributed by atoms with E-state index in [0.717, 1.165) is 58.6 Å². The van der Waals surface area contributed by atoms with E-state index >= 15 is 0 Å². The summed E-state index contributed by atoms with van der Waals surface area (Å²) in [4.78, 5) is 27.1. The molecule has 34 heavy (non-hydrogen) atoms. The van der Waals surface area contributed by atoms with Gasteiger partial charge in [-0.2, -0.15) is 0 Å². The van der Waals surface area contributed by atoms with Crippen LogP contribution in [0.2, 0.25) is 0 Å². The summed E-state index contributed by atoms with van der Waals surface area (Å²) in [5.74, 6) is 0.143. The Morgan fingerprint density at radius 1 is 0.824 bits per heavy atom. The van der Waals surface area contributed by atoms with Crippen molar-refractivity contribution in [1.82, 2.24) is 0 Å². The summed E-state index contributed by atoms with van der Waals surface area (Å²) in [7, 11) is 0. The highest BCUT2D eigenvalue weighted by atomic mass is 32.2. The van der Waals surface area contributed by atoms with Crippen molar-refractivity contribution in [3.05, 3.63) is 89.5 Å². The number of nitrogens with one attached hydrogen (secondary N) is 2. The van der Waals surface area contributed by atoms with Gasteiger partial charge in [0.05, 0.1) is 0 Å². The minimum Gasteiger partial charge on any atom is -0.326 e. The van der Waals surface area contributed by atoms with Crippen molar-refractivity contribution in [3.8, 4) is 0 Å². The van der Waals surface area contributed by atoms with Crippen LogP contribution in [0.4, 0.5) is 11.4 Å². The fourth-order valence-electron chi connectivity index (χ4n) is 4.49. The zero-order valence-electron chi connectivity index (χ0n) is 19.8. The molecule has 5 heteroatoms. The minimum absolute atomic E-state index is 0.0646. The summed E-state index contributed by atoms with van der Waals surface area (Å²) >= 11 is 1.49. The van der Waals surface area contributed by atoms with Crippen molar-refractivity contribution < 1.29 is 9.59 Å². The van der Waals surface area contributed by atoms with Gasteiger partial charge < -0.3 is 10.6 Å². The maximum Gasteiger partial charge on any atom is 0.242 e. The van der Waals surface area contributed by atoms with Crippen LogP contribution in [-0.2, 0) is 9.59 Å². The van der Waals surface area contributed by atoms with Gasteiger partial charge in [0, 0.05) is 22.2 Å². The van der Waals surface area contributed by atoms with E-state index in [2.05, 4.69) is 10.6 Å². The number of benzene rings is 3. The standard InChI is InChI=1S/C29H32N2O2S/c1-20-11-9-12-21(2)26(20)31-29(33)27(22-13-5-3-6-14-22)34-25-18-10-17-24(19-25)30-28(32)23-15-7-4-8-16-23/h3,5-6,9-14,17-19,23,27H,4,7-8,15-16H2,1-2H3,(H,30,32)(H,31,33). The van der Waals surface area contributed by atoms with Gasteiger partial charge in [-0.25, -0.2) is 0 Å².